The van der Waals surface area contributed by atoms with Crippen molar-refractivity contribution in [3.05, 3.63) is 151 Å². The molecule has 6 rings (SSSR count). The van der Waals surface area contributed by atoms with Crippen molar-refractivity contribution in [3.8, 4) is 0 Å². The highest BCUT2D eigenvalue weighted by molar-refractivity contribution is 9.11. The predicted octanol–water partition coefficient (Wildman–Crippen LogP) is 9.49. The molecule has 0 radical (unpaired) electrons. The molecule has 2 heterocycles. The van der Waals surface area contributed by atoms with Gasteiger partial charge in [0.1, 0.15) is 0 Å². The van der Waals surface area contributed by atoms with Crippen LogP contribution in [0.3, 0.4) is 0 Å². The number of aromatic carboxylic acids is 1. The van der Waals surface area contributed by atoms with Crippen LogP contribution in [0.25, 0.3) is 31.5 Å². The Hall–Kier alpha value is -5.16. The quantitative estimate of drug-likeness (QED) is 0.137. The second kappa shape index (κ2) is 13.6. The normalized spacial score (nSPS) is 10.5. The van der Waals surface area contributed by atoms with Crippen molar-refractivity contribution in [1.29, 1.82) is 0 Å². The minimum Gasteiger partial charge on any atom is -0.478 e. The number of aromatic nitrogens is 2. The zero-order valence-corrected chi connectivity index (χ0v) is 27.0. The molecule has 0 unspecified atom stereocenters. The molecule has 6 aromatic rings. The number of nitrogens with zero attached hydrogens (tertiary/aromatic N) is 4. The van der Waals surface area contributed by atoms with E-state index in [-0.39, 0.29) is 5.97 Å². The van der Waals surface area contributed by atoms with Gasteiger partial charge in [-0.05, 0) is 79.4 Å². The summed E-state index contributed by atoms with van der Waals surface area (Å²) in [6.07, 6.45) is 3.88. The summed E-state index contributed by atoms with van der Waals surface area (Å²) in [7, 11) is 1.38. The SMILES string of the molecule is [C-]#[N+]c1ccc2c(c1)c(Br)cn2Cc1ccccc1C(=O)O.[C-]#[N+]c1ccc2c(c1)c(Br)cn2Cc1ccccc1C(=O)OC. The molecule has 0 bridgehead atoms. The number of carbonyl (C=O) groups is 2. The lowest BCUT2D eigenvalue weighted by Gasteiger charge is -2.10. The predicted molar refractivity (Wildman–Crippen MR) is 181 cm³/mol. The van der Waals surface area contributed by atoms with E-state index in [1.165, 1.54) is 7.11 Å². The number of fused-ring (bicyclic) bond motifs is 2. The summed E-state index contributed by atoms with van der Waals surface area (Å²) in [6, 6.07) is 25.4. The largest absolute Gasteiger partial charge is 0.478 e. The first kappa shape index (κ1) is 31.3. The van der Waals surface area contributed by atoms with E-state index in [9.17, 15) is 14.7 Å². The summed E-state index contributed by atoms with van der Waals surface area (Å²) in [6.45, 7) is 15.2. The molecule has 0 spiro atoms. The standard InChI is InChI=1S/C18H13BrN2O2.C17H11BrN2O2/c1-20-13-7-8-17-15(9-13)16(19)11-21(17)10-12-5-3-4-6-14(12)18(22)23-2;1-19-12-6-7-16-14(8-12)15(18)10-20(16)9-11-4-2-3-5-13(11)17(21)22/h3-9,11H,10H2,2H3;2-8,10H,9H2,(H,21,22). The number of rotatable bonds is 6. The first-order valence-electron chi connectivity index (χ1n) is 13.5. The molecule has 45 heavy (non-hydrogen) atoms. The number of methoxy groups -OCH3 is 1. The Morgan fingerprint density at radius 3 is 1.62 bits per heavy atom. The first-order valence-corrected chi connectivity index (χ1v) is 15.1. The Morgan fingerprint density at radius 2 is 1.18 bits per heavy atom. The molecular formula is C35H24Br2N4O4. The summed E-state index contributed by atoms with van der Waals surface area (Å²) >= 11 is 7.04. The van der Waals surface area contributed by atoms with Crippen molar-refractivity contribution >= 4 is 77.0 Å². The van der Waals surface area contributed by atoms with Crippen LogP contribution in [-0.4, -0.2) is 33.3 Å². The molecule has 1 N–H and O–H groups in total. The molecule has 222 valence electrons. The van der Waals surface area contributed by atoms with Gasteiger partial charge in [0.25, 0.3) is 0 Å². The highest BCUT2D eigenvalue weighted by atomic mass is 79.9. The Morgan fingerprint density at radius 1 is 0.733 bits per heavy atom. The van der Waals surface area contributed by atoms with Gasteiger partial charge in [-0.3, -0.25) is 0 Å². The lowest BCUT2D eigenvalue weighted by atomic mass is 10.1. The monoisotopic (exact) mass is 722 g/mol. The average Bonchev–Trinajstić information content (AvgIpc) is 3.55. The Bertz CT molecular complexity index is 2170. The number of benzene rings is 4. The number of carbonyl (C=O) groups excluding carboxylic acids is 1. The number of carboxylic acids is 1. The zero-order valence-electron chi connectivity index (χ0n) is 23.9. The van der Waals surface area contributed by atoms with Crippen molar-refractivity contribution < 1.29 is 19.4 Å². The van der Waals surface area contributed by atoms with Gasteiger partial charge in [-0.1, -0.05) is 48.5 Å². The van der Waals surface area contributed by atoms with Crippen LogP contribution >= 0.6 is 31.9 Å². The van der Waals surface area contributed by atoms with Crippen LogP contribution in [-0.2, 0) is 17.8 Å². The van der Waals surface area contributed by atoms with Gasteiger partial charge in [-0.25, -0.2) is 19.3 Å². The summed E-state index contributed by atoms with van der Waals surface area (Å²) in [5.74, 6) is -1.27. The van der Waals surface area contributed by atoms with Crippen LogP contribution in [0.1, 0.15) is 31.8 Å². The smallest absolute Gasteiger partial charge is 0.338 e. The van der Waals surface area contributed by atoms with E-state index in [4.69, 9.17) is 17.9 Å². The molecule has 10 heteroatoms. The maximum Gasteiger partial charge on any atom is 0.338 e. The van der Waals surface area contributed by atoms with Gasteiger partial charge in [0.15, 0.2) is 11.4 Å². The average molecular weight is 724 g/mol. The number of hydrogen-bond acceptors (Lipinski definition) is 3. The fourth-order valence-electron chi connectivity index (χ4n) is 5.09. The third-order valence-electron chi connectivity index (χ3n) is 7.24. The number of halogens is 2. The zero-order chi connectivity index (χ0) is 32.1. The van der Waals surface area contributed by atoms with Crippen molar-refractivity contribution in [1.82, 2.24) is 9.13 Å². The Kier molecular flexibility index (Phi) is 9.48. The van der Waals surface area contributed by atoms with Crippen LogP contribution in [0.15, 0.2) is 106 Å². The minimum absolute atomic E-state index is 0.304. The maximum atomic E-state index is 11.9. The number of esters is 1. The fraction of sp³-hybridized carbons (Fsp3) is 0.0857. The lowest BCUT2D eigenvalue weighted by Crippen LogP contribution is -2.08. The van der Waals surface area contributed by atoms with Gasteiger partial charge < -0.3 is 19.0 Å². The maximum absolute atomic E-state index is 11.9. The minimum atomic E-state index is -0.929. The molecule has 0 saturated heterocycles. The topological polar surface area (TPSA) is 82.2 Å². The molecule has 0 aliphatic heterocycles. The fourth-order valence-corrected chi connectivity index (χ4v) is 6.21. The molecule has 2 aromatic heterocycles. The summed E-state index contributed by atoms with van der Waals surface area (Å²) < 4.78 is 10.7. The van der Waals surface area contributed by atoms with E-state index in [2.05, 4.69) is 46.1 Å². The molecule has 0 amide bonds. The third kappa shape index (κ3) is 6.68. The first-order chi connectivity index (χ1) is 21.7. The number of carboxylic acid groups (broad SMARTS) is 1. The van der Waals surface area contributed by atoms with E-state index in [1.54, 1.807) is 30.3 Å². The van der Waals surface area contributed by atoms with Gasteiger partial charge >= 0.3 is 11.9 Å². The van der Waals surface area contributed by atoms with Gasteiger partial charge in [0.2, 0.25) is 0 Å². The third-order valence-corrected chi connectivity index (χ3v) is 8.51. The summed E-state index contributed by atoms with van der Waals surface area (Å²) in [5.41, 5.74) is 5.64. The van der Waals surface area contributed by atoms with Crippen LogP contribution in [0.2, 0.25) is 0 Å². The molecule has 0 aliphatic carbocycles. The highest BCUT2D eigenvalue weighted by Crippen LogP contribution is 2.32. The van der Waals surface area contributed by atoms with Gasteiger partial charge in [-0.2, -0.15) is 0 Å². The molecule has 0 aliphatic rings. The van der Waals surface area contributed by atoms with E-state index < -0.39 is 5.97 Å². The van der Waals surface area contributed by atoms with Gasteiger partial charge in [0.05, 0.1) is 31.4 Å². The lowest BCUT2D eigenvalue weighted by molar-refractivity contribution is 0.0598. The van der Waals surface area contributed by atoms with Gasteiger partial charge in [-0.15, -0.1) is 0 Å². The van der Waals surface area contributed by atoms with Crippen molar-refractivity contribution in [2.45, 2.75) is 13.1 Å². The van der Waals surface area contributed by atoms with Crippen molar-refractivity contribution in [2.75, 3.05) is 7.11 Å². The Labute approximate surface area is 276 Å². The molecule has 0 atom stereocenters. The highest BCUT2D eigenvalue weighted by Gasteiger charge is 2.15. The van der Waals surface area contributed by atoms with E-state index in [1.807, 2.05) is 71.6 Å². The van der Waals surface area contributed by atoms with E-state index in [0.717, 1.165) is 41.9 Å². The molecule has 8 nitrogen and oxygen atoms in total. The second-order valence-corrected chi connectivity index (χ2v) is 11.7. The van der Waals surface area contributed by atoms with Crippen LogP contribution in [0, 0.1) is 13.1 Å². The second-order valence-electron chi connectivity index (χ2n) is 9.95. The van der Waals surface area contributed by atoms with E-state index >= 15 is 0 Å². The Balaban J connectivity index is 0.000000178. The number of hydrogen-bond donors (Lipinski definition) is 1. The van der Waals surface area contributed by atoms with Crippen molar-refractivity contribution in [2.24, 2.45) is 0 Å². The molecule has 0 fully saturated rings. The number of ether oxygens (including phenoxy) is 1. The molecule has 4 aromatic carbocycles. The molecular weight excluding hydrogens is 700 g/mol. The van der Waals surface area contributed by atoms with Crippen molar-refractivity contribution in [3.63, 3.8) is 0 Å². The summed E-state index contributed by atoms with van der Waals surface area (Å²) in [4.78, 5) is 30.1. The van der Waals surface area contributed by atoms with Crippen LogP contribution in [0.5, 0.6) is 0 Å². The molecule has 0 saturated carbocycles. The van der Waals surface area contributed by atoms with Gasteiger partial charge in [0, 0.05) is 56.2 Å². The van der Waals surface area contributed by atoms with Crippen LogP contribution < -0.4 is 0 Å². The van der Waals surface area contributed by atoms with Crippen LogP contribution in [0.4, 0.5) is 11.4 Å². The van der Waals surface area contributed by atoms with E-state index in [0.29, 0.717) is 35.6 Å². The summed E-state index contributed by atoms with van der Waals surface area (Å²) in [5, 5.41) is 11.2.